The van der Waals surface area contributed by atoms with Gasteiger partial charge in [0.05, 0.1) is 5.56 Å². The van der Waals surface area contributed by atoms with E-state index in [1.54, 1.807) is 13.2 Å². The fraction of sp³-hybridized carbons (Fsp3) is 0.500. The summed E-state index contributed by atoms with van der Waals surface area (Å²) in [7, 11) is 1.68. The van der Waals surface area contributed by atoms with Crippen LogP contribution in [0.15, 0.2) is 12.3 Å². The second-order valence-electron chi connectivity index (χ2n) is 5.07. The monoisotopic (exact) mass is 292 g/mol. The number of anilines is 1. The van der Waals surface area contributed by atoms with Crippen molar-refractivity contribution in [3.8, 4) is 0 Å². The highest BCUT2D eigenvalue weighted by atomic mass is 32.1. The Hall–Kier alpha value is -1.69. The number of pyridine rings is 1. The summed E-state index contributed by atoms with van der Waals surface area (Å²) in [6, 6.07) is 1.91. The van der Waals surface area contributed by atoms with Crippen LogP contribution in [0.5, 0.6) is 0 Å². The molecule has 1 fully saturated rings. The predicted octanol–water partition coefficient (Wildman–Crippen LogP) is 0.987. The maximum atomic E-state index is 11.7. The van der Waals surface area contributed by atoms with Crippen molar-refractivity contribution in [2.75, 3.05) is 25.0 Å². The van der Waals surface area contributed by atoms with Gasteiger partial charge < -0.3 is 16.0 Å². The first-order chi connectivity index (χ1) is 9.54. The molecule has 1 aromatic heterocycles. The van der Waals surface area contributed by atoms with Gasteiger partial charge in [0.15, 0.2) is 0 Å². The quantitative estimate of drug-likeness (QED) is 0.813. The molecular formula is C14H20N4OS. The van der Waals surface area contributed by atoms with Gasteiger partial charge in [0, 0.05) is 32.3 Å². The van der Waals surface area contributed by atoms with Gasteiger partial charge in [-0.2, -0.15) is 0 Å². The average molecular weight is 292 g/mol. The molecule has 1 aliphatic rings. The molecule has 0 aromatic carbocycles. The highest BCUT2D eigenvalue weighted by Crippen LogP contribution is 2.26. The summed E-state index contributed by atoms with van der Waals surface area (Å²) in [6.07, 6.45) is 3.43. The number of hydrogen-bond acceptors (Lipinski definition) is 4. The Balaban J connectivity index is 2.17. The van der Waals surface area contributed by atoms with Crippen LogP contribution in [-0.4, -0.2) is 36.0 Å². The van der Waals surface area contributed by atoms with Gasteiger partial charge in [-0.1, -0.05) is 12.2 Å². The number of nitrogens with one attached hydrogen (secondary N) is 1. The van der Waals surface area contributed by atoms with Crippen molar-refractivity contribution in [2.45, 2.75) is 19.8 Å². The van der Waals surface area contributed by atoms with E-state index in [4.69, 9.17) is 18.0 Å². The van der Waals surface area contributed by atoms with Crippen molar-refractivity contribution in [1.82, 2.24) is 10.3 Å². The molecule has 1 aliphatic heterocycles. The van der Waals surface area contributed by atoms with E-state index >= 15 is 0 Å². The maximum Gasteiger partial charge on any atom is 0.222 e. The molecule has 0 spiro atoms. The zero-order chi connectivity index (χ0) is 14.7. The lowest BCUT2D eigenvalue weighted by Gasteiger charge is -2.33. The van der Waals surface area contributed by atoms with Crippen molar-refractivity contribution in [3.63, 3.8) is 0 Å². The molecule has 0 bridgehead atoms. The van der Waals surface area contributed by atoms with Gasteiger partial charge in [0.1, 0.15) is 10.8 Å². The third-order valence-corrected chi connectivity index (χ3v) is 4.00. The van der Waals surface area contributed by atoms with Crippen LogP contribution in [0.25, 0.3) is 0 Å². The molecular weight excluding hydrogens is 272 g/mol. The fourth-order valence-electron chi connectivity index (χ4n) is 2.65. The Morgan fingerprint density at radius 3 is 2.70 bits per heavy atom. The van der Waals surface area contributed by atoms with E-state index < -0.39 is 0 Å². The number of carbonyl (C=O) groups is 1. The van der Waals surface area contributed by atoms with Crippen molar-refractivity contribution < 1.29 is 4.79 Å². The average Bonchev–Trinajstić information content (AvgIpc) is 2.46. The van der Waals surface area contributed by atoms with E-state index in [9.17, 15) is 4.79 Å². The number of nitrogens with two attached hydrogens (primary N) is 1. The number of piperidine rings is 1. The Morgan fingerprint density at radius 1 is 1.50 bits per heavy atom. The molecule has 0 saturated carbocycles. The van der Waals surface area contributed by atoms with Gasteiger partial charge in [0.2, 0.25) is 5.91 Å². The van der Waals surface area contributed by atoms with Gasteiger partial charge in [-0.15, -0.1) is 0 Å². The summed E-state index contributed by atoms with van der Waals surface area (Å²) in [6.45, 7) is 3.57. The standard InChI is InChI=1S/C14H20N4OS/c1-9-3-6-17-13(11(9)12(15)20)18-7-4-10(5-8-18)14(19)16-2/h3,6,10H,4-5,7-8H2,1-2H3,(H2,15,20)(H,16,19). The van der Waals surface area contributed by atoms with E-state index in [1.807, 2.05) is 13.0 Å². The van der Waals surface area contributed by atoms with Crippen LogP contribution >= 0.6 is 12.2 Å². The first kappa shape index (κ1) is 14.7. The van der Waals surface area contributed by atoms with Crippen molar-refractivity contribution >= 4 is 28.9 Å². The number of nitrogens with zero attached hydrogens (tertiary/aromatic N) is 2. The number of aryl methyl sites for hydroxylation is 1. The normalized spacial score (nSPS) is 16.0. The Labute approximate surface area is 124 Å². The van der Waals surface area contributed by atoms with E-state index in [0.717, 1.165) is 42.9 Å². The lowest BCUT2D eigenvalue weighted by atomic mass is 9.95. The minimum absolute atomic E-state index is 0.0920. The molecule has 5 nitrogen and oxygen atoms in total. The molecule has 1 amide bonds. The van der Waals surface area contributed by atoms with Crippen LogP contribution in [0.3, 0.4) is 0 Å². The molecule has 1 saturated heterocycles. The maximum absolute atomic E-state index is 11.7. The summed E-state index contributed by atoms with van der Waals surface area (Å²) < 4.78 is 0. The minimum Gasteiger partial charge on any atom is -0.389 e. The van der Waals surface area contributed by atoms with Gasteiger partial charge in [-0.05, 0) is 31.4 Å². The molecule has 20 heavy (non-hydrogen) atoms. The topological polar surface area (TPSA) is 71.2 Å². The second-order valence-corrected chi connectivity index (χ2v) is 5.51. The summed E-state index contributed by atoms with van der Waals surface area (Å²) in [4.78, 5) is 18.6. The molecule has 0 atom stereocenters. The molecule has 0 aliphatic carbocycles. The number of rotatable bonds is 3. The molecule has 0 unspecified atom stereocenters. The van der Waals surface area contributed by atoms with Gasteiger partial charge in [0.25, 0.3) is 0 Å². The van der Waals surface area contributed by atoms with E-state index in [-0.39, 0.29) is 11.8 Å². The van der Waals surface area contributed by atoms with Crippen LogP contribution in [0.4, 0.5) is 5.82 Å². The lowest BCUT2D eigenvalue weighted by Crippen LogP contribution is -2.40. The smallest absolute Gasteiger partial charge is 0.222 e. The van der Waals surface area contributed by atoms with Crippen molar-refractivity contribution in [3.05, 3.63) is 23.4 Å². The summed E-state index contributed by atoms with van der Waals surface area (Å²) in [5, 5.41) is 2.71. The van der Waals surface area contributed by atoms with E-state index in [1.165, 1.54) is 0 Å². The molecule has 6 heteroatoms. The molecule has 108 valence electrons. The Bertz CT molecular complexity index is 524. The van der Waals surface area contributed by atoms with Gasteiger partial charge >= 0.3 is 0 Å². The molecule has 2 heterocycles. The summed E-state index contributed by atoms with van der Waals surface area (Å²) in [5.41, 5.74) is 7.71. The van der Waals surface area contributed by atoms with Crippen LogP contribution < -0.4 is 16.0 Å². The van der Waals surface area contributed by atoms with Crippen LogP contribution in [0, 0.1) is 12.8 Å². The minimum atomic E-state index is 0.0920. The Morgan fingerprint density at radius 2 is 2.15 bits per heavy atom. The molecule has 1 aromatic rings. The molecule has 2 rings (SSSR count). The largest absolute Gasteiger partial charge is 0.389 e. The second kappa shape index (κ2) is 6.17. The van der Waals surface area contributed by atoms with Crippen molar-refractivity contribution in [1.29, 1.82) is 0 Å². The number of amides is 1. The summed E-state index contributed by atoms with van der Waals surface area (Å²) >= 11 is 5.14. The van der Waals surface area contributed by atoms with Crippen LogP contribution in [-0.2, 0) is 4.79 Å². The lowest BCUT2D eigenvalue weighted by molar-refractivity contribution is -0.125. The zero-order valence-electron chi connectivity index (χ0n) is 11.8. The van der Waals surface area contributed by atoms with Crippen molar-refractivity contribution in [2.24, 2.45) is 11.7 Å². The molecule has 3 N–H and O–H groups in total. The Kier molecular flexibility index (Phi) is 4.54. The van der Waals surface area contributed by atoms with E-state index in [2.05, 4.69) is 15.2 Å². The first-order valence-electron chi connectivity index (χ1n) is 6.76. The summed E-state index contributed by atoms with van der Waals surface area (Å²) in [5.74, 6) is 1.05. The van der Waals surface area contributed by atoms with E-state index in [0.29, 0.717) is 4.99 Å². The first-order valence-corrected chi connectivity index (χ1v) is 7.17. The number of carbonyl (C=O) groups excluding carboxylic acids is 1. The third-order valence-electron chi connectivity index (χ3n) is 3.80. The third kappa shape index (κ3) is 2.90. The van der Waals surface area contributed by atoms with Gasteiger partial charge in [-0.25, -0.2) is 4.98 Å². The number of aromatic nitrogens is 1. The SMILES string of the molecule is CNC(=O)C1CCN(c2nccc(C)c2C(N)=S)CC1. The van der Waals surface area contributed by atoms with Gasteiger partial charge in [-0.3, -0.25) is 4.79 Å². The fourth-order valence-corrected chi connectivity index (χ4v) is 2.90. The zero-order valence-corrected chi connectivity index (χ0v) is 12.7. The highest BCUT2D eigenvalue weighted by molar-refractivity contribution is 7.80. The predicted molar refractivity (Wildman–Crippen MR) is 83.9 cm³/mol. The number of hydrogen-bond donors (Lipinski definition) is 2. The number of thiocarbonyl (C=S) groups is 1. The van der Waals surface area contributed by atoms with Crippen LogP contribution in [0.2, 0.25) is 0 Å². The highest BCUT2D eigenvalue weighted by Gasteiger charge is 2.26. The van der Waals surface area contributed by atoms with Crippen LogP contribution in [0.1, 0.15) is 24.0 Å². The molecule has 0 radical (unpaired) electrons.